The first-order valence-electron chi connectivity index (χ1n) is 7.58. The maximum absolute atomic E-state index is 5.36. The molecule has 0 fully saturated rings. The van der Waals surface area contributed by atoms with E-state index in [4.69, 9.17) is 4.74 Å². The fourth-order valence-corrected chi connectivity index (χ4v) is 2.36. The topological polar surface area (TPSA) is 39.1 Å². The first-order chi connectivity index (χ1) is 10.2. The summed E-state index contributed by atoms with van der Waals surface area (Å²) < 4.78 is 7.43. The third-order valence-electron chi connectivity index (χ3n) is 3.44. The third-order valence-corrected chi connectivity index (χ3v) is 3.44. The average molecular weight is 287 g/mol. The van der Waals surface area contributed by atoms with Gasteiger partial charge in [-0.05, 0) is 36.2 Å². The van der Waals surface area contributed by atoms with Gasteiger partial charge in [0, 0.05) is 30.9 Å². The van der Waals surface area contributed by atoms with E-state index in [2.05, 4.69) is 54.1 Å². The molecule has 2 rings (SSSR count). The fraction of sp³-hybridized carbons (Fsp3) is 0.471. The van der Waals surface area contributed by atoms with Gasteiger partial charge in [-0.2, -0.15) is 5.10 Å². The standard InChI is InChI=1S/C17H25N3O/c1-5-10-20-17(8-9-19-20)16-7-6-15(21-4)11-14(16)12-18-13(2)3/h6-9,11,13,18H,5,10,12H2,1-4H3. The number of aryl methyl sites for hydroxylation is 1. The van der Waals surface area contributed by atoms with Crippen LogP contribution in [0.15, 0.2) is 30.5 Å². The number of benzene rings is 1. The molecule has 4 nitrogen and oxygen atoms in total. The van der Waals surface area contributed by atoms with Gasteiger partial charge in [-0.3, -0.25) is 4.68 Å². The molecule has 0 radical (unpaired) electrons. The summed E-state index contributed by atoms with van der Waals surface area (Å²) in [4.78, 5) is 0. The second kappa shape index (κ2) is 7.27. The molecule has 21 heavy (non-hydrogen) atoms. The molecule has 1 heterocycles. The van der Waals surface area contributed by atoms with Gasteiger partial charge >= 0.3 is 0 Å². The minimum atomic E-state index is 0.449. The van der Waals surface area contributed by atoms with E-state index < -0.39 is 0 Å². The van der Waals surface area contributed by atoms with Crippen LogP contribution in [0, 0.1) is 0 Å². The van der Waals surface area contributed by atoms with E-state index in [0.29, 0.717) is 6.04 Å². The lowest BCUT2D eigenvalue weighted by Crippen LogP contribution is -2.22. The highest BCUT2D eigenvalue weighted by Crippen LogP contribution is 2.27. The Morgan fingerprint density at radius 2 is 2.10 bits per heavy atom. The van der Waals surface area contributed by atoms with E-state index in [1.54, 1.807) is 7.11 Å². The predicted octanol–water partition coefficient (Wildman–Crippen LogP) is 3.47. The molecule has 0 saturated heterocycles. The first kappa shape index (κ1) is 15.6. The zero-order valence-corrected chi connectivity index (χ0v) is 13.4. The van der Waals surface area contributed by atoms with Crippen molar-refractivity contribution in [3.05, 3.63) is 36.0 Å². The largest absolute Gasteiger partial charge is 0.497 e. The Labute approximate surface area is 127 Å². The van der Waals surface area contributed by atoms with E-state index in [1.165, 1.54) is 16.8 Å². The zero-order valence-electron chi connectivity index (χ0n) is 13.4. The molecule has 114 valence electrons. The van der Waals surface area contributed by atoms with Crippen LogP contribution in [-0.2, 0) is 13.1 Å². The van der Waals surface area contributed by atoms with Crippen LogP contribution >= 0.6 is 0 Å². The van der Waals surface area contributed by atoms with Crippen molar-refractivity contribution in [1.29, 1.82) is 0 Å². The van der Waals surface area contributed by atoms with E-state index in [0.717, 1.165) is 25.3 Å². The Morgan fingerprint density at radius 1 is 1.29 bits per heavy atom. The van der Waals surface area contributed by atoms with Gasteiger partial charge < -0.3 is 10.1 Å². The Balaban J connectivity index is 2.38. The zero-order chi connectivity index (χ0) is 15.2. The number of hydrogen-bond donors (Lipinski definition) is 1. The van der Waals surface area contributed by atoms with Crippen LogP contribution in [0.2, 0.25) is 0 Å². The summed E-state index contributed by atoms with van der Waals surface area (Å²) in [6, 6.07) is 8.77. The van der Waals surface area contributed by atoms with Gasteiger partial charge in [-0.15, -0.1) is 0 Å². The Hall–Kier alpha value is -1.81. The van der Waals surface area contributed by atoms with Gasteiger partial charge in [-0.25, -0.2) is 0 Å². The van der Waals surface area contributed by atoms with Gasteiger partial charge in [0.25, 0.3) is 0 Å². The molecule has 4 heteroatoms. The van der Waals surface area contributed by atoms with Crippen molar-refractivity contribution in [3.63, 3.8) is 0 Å². The summed E-state index contributed by atoms with van der Waals surface area (Å²) in [5.41, 5.74) is 3.62. The maximum Gasteiger partial charge on any atom is 0.119 e. The van der Waals surface area contributed by atoms with E-state index in [-0.39, 0.29) is 0 Å². The summed E-state index contributed by atoms with van der Waals surface area (Å²) in [5.74, 6) is 0.890. The maximum atomic E-state index is 5.36. The molecule has 0 amide bonds. The second-order valence-corrected chi connectivity index (χ2v) is 5.50. The number of aromatic nitrogens is 2. The number of nitrogens with zero attached hydrogens (tertiary/aromatic N) is 2. The predicted molar refractivity (Wildman–Crippen MR) is 86.5 cm³/mol. The van der Waals surface area contributed by atoms with Crippen molar-refractivity contribution in [1.82, 2.24) is 15.1 Å². The van der Waals surface area contributed by atoms with Crippen LogP contribution in [0.4, 0.5) is 0 Å². The number of nitrogens with one attached hydrogen (secondary N) is 1. The summed E-state index contributed by atoms with van der Waals surface area (Å²) in [5, 5.41) is 7.91. The number of rotatable bonds is 7. The molecular formula is C17H25N3O. The highest BCUT2D eigenvalue weighted by atomic mass is 16.5. The van der Waals surface area contributed by atoms with Gasteiger partial charge in [0.05, 0.1) is 12.8 Å². The van der Waals surface area contributed by atoms with Crippen LogP contribution in [0.5, 0.6) is 5.75 Å². The molecule has 0 saturated carbocycles. The molecular weight excluding hydrogens is 262 g/mol. The fourth-order valence-electron chi connectivity index (χ4n) is 2.36. The van der Waals surface area contributed by atoms with Gasteiger partial charge in [-0.1, -0.05) is 20.8 Å². The smallest absolute Gasteiger partial charge is 0.119 e. The number of methoxy groups -OCH3 is 1. The molecule has 0 spiro atoms. The molecule has 0 aliphatic carbocycles. The van der Waals surface area contributed by atoms with Crippen molar-refractivity contribution < 1.29 is 4.74 Å². The van der Waals surface area contributed by atoms with Crippen LogP contribution in [0.3, 0.4) is 0 Å². The van der Waals surface area contributed by atoms with Crippen molar-refractivity contribution in [2.45, 2.75) is 46.3 Å². The van der Waals surface area contributed by atoms with Crippen molar-refractivity contribution in [2.75, 3.05) is 7.11 Å². The molecule has 0 atom stereocenters. The molecule has 1 aromatic heterocycles. The summed E-state index contributed by atoms with van der Waals surface area (Å²) in [6.45, 7) is 8.23. The summed E-state index contributed by atoms with van der Waals surface area (Å²) in [6.07, 6.45) is 2.94. The van der Waals surface area contributed by atoms with Gasteiger partial charge in [0.15, 0.2) is 0 Å². The van der Waals surface area contributed by atoms with E-state index in [9.17, 15) is 0 Å². The molecule has 1 aromatic carbocycles. The van der Waals surface area contributed by atoms with E-state index in [1.807, 2.05) is 12.3 Å². The monoisotopic (exact) mass is 287 g/mol. The third kappa shape index (κ3) is 3.85. The quantitative estimate of drug-likeness (QED) is 0.847. The molecule has 0 aliphatic rings. The summed E-state index contributed by atoms with van der Waals surface area (Å²) in [7, 11) is 1.70. The lowest BCUT2D eigenvalue weighted by Gasteiger charge is -2.15. The van der Waals surface area contributed by atoms with Crippen LogP contribution in [0.1, 0.15) is 32.8 Å². The lowest BCUT2D eigenvalue weighted by atomic mass is 10.0. The lowest BCUT2D eigenvalue weighted by molar-refractivity contribution is 0.414. The average Bonchev–Trinajstić information content (AvgIpc) is 2.93. The second-order valence-electron chi connectivity index (χ2n) is 5.50. The molecule has 0 bridgehead atoms. The normalized spacial score (nSPS) is 11.1. The Morgan fingerprint density at radius 3 is 2.76 bits per heavy atom. The minimum absolute atomic E-state index is 0.449. The van der Waals surface area contributed by atoms with Crippen molar-refractivity contribution >= 4 is 0 Å². The van der Waals surface area contributed by atoms with Gasteiger partial charge in [0.1, 0.15) is 5.75 Å². The number of hydrogen-bond acceptors (Lipinski definition) is 3. The SMILES string of the molecule is CCCn1nccc1-c1ccc(OC)cc1CNC(C)C. The van der Waals surface area contributed by atoms with E-state index >= 15 is 0 Å². The van der Waals surface area contributed by atoms with Gasteiger partial charge in [0.2, 0.25) is 0 Å². The molecule has 0 aliphatic heterocycles. The summed E-state index contributed by atoms with van der Waals surface area (Å²) >= 11 is 0. The molecule has 0 unspecified atom stereocenters. The Kier molecular flexibility index (Phi) is 5.39. The molecule has 2 aromatic rings. The van der Waals surface area contributed by atoms with Crippen molar-refractivity contribution in [3.8, 4) is 17.0 Å². The van der Waals surface area contributed by atoms with Crippen LogP contribution in [-0.4, -0.2) is 22.9 Å². The molecule has 1 N–H and O–H groups in total. The highest BCUT2D eigenvalue weighted by molar-refractivity contribution is 5.65. The van der Waals surface area contributed by atoms with Crippen LogP contribution in [0.25, 0.3) is 11.3 Å². The van der Waals surface area contributed by atoms with Crippen LogP contribution < -0.4 is 10.1 Å². The Bertz CT molecular complexity index is 575. The first-order valence-corrected chi connectivity index (χ1v) is 7.58. The highest BCUT2D eigenvalue weighted by Gasteiger charge is 2.11. The number of ether oxygens (including phenoxy) is 1. The van der Waals surface area contributed by atoms with Crippen molar-refractivity contribution in [2.24, 2.45) is 0 Å². The minimum Gasteiger partial charge on any atom is -0.497 e.